The highest BCUT2D eigenvalue weighted by Crippen LogP contribution is 2.44. The highest BCUT2D eigenvalue weighted by Gasteiger charge is 2.46. The Bertz CT molecular complexity index is 660. The standard InChI is InChI=1S/C18H25NO5/c1-17(2,3)24-16(23)19-9-8-11-10-12(20)6-7-13(11)14(19)18(4,5)15(21)22/h6-7,10,14,20H,8-9H2,1-5H3,(H,21,22). The van der Waals surface area contributed by atoms with E-state index in [0.717, 1.165) is 11.1 Å². The summed E-state index contributed by atoms with van der Waals surface area (Å²) in [5, 5.41) is 19.4. The molecule has 6 heteroatoms. The molecule has 1 amide bonds. The third kappa shape index (κ3) is 3.47. The predicted octanol–water partition coefficient (Wildman–Crippen LogP) is 3.34. The molecular weight excluding hydrogens is 310 g/mol. The second-order valence-corrected chi connectivity index (χ2v) is 7.74. The smallest absolute Gasteiger partial charge is 0.410 e. The molecular formula is C18H25NO5. The van der Waals surface area contributed by atoms with E-state index in [4.69, 9.17) is 4.74 Å². The van der Waals surface area contributed by atoms with E-state index in [1.54, 1.807) is 46.8 Å². The molecule has 2 N–H and O–H groups in total. The Labute approximate surface area is 142 Å². The number of hydrogen-bond acceptors (Lipinski definition) is 4. The van der Waals surface area contributed by atoms with E-state index in [9.17, 15) is 19.8 Å². The van der Waals surface area contributed by atoms with Crippen molar-refractivity contribution < 1.29 is 24.5 Å². The van der Waals surface area contributed by atoms with Gasteiger partial charge < -0.3 is 14.9 Å². The summed E-state index contributed by atoms with van der Waals surface area (Å²) in [6.45, 7) is 8.86. The number of carbonyl (C=O) groups excluding carboxylic acids is 1. The van der Waals surface area contributed by atoms with Gasteiger partial charge in [-0.15, -0.1) is 0 Å². The van der Waals surface area contributed by atoms with Crippen molar-refractivity contribution >= 4 is 12.1 Å². The van der Waals surface area contributed by atoms with Crippen LogP contribution in [-0.2, 0) is 16.0 Å². The average Bonchev–Trinajstić information content (AvgIpc) is 2.43. The number of benzene rings is 1. The van der Waals surface area contributed by atoms with E-state index in [1.807, 2.05) is 0 Å². The lowest BCUT2D eigenvalue weighted by Gasteiger charge is -2.44. The van der Waals surface area contributed by atoms with Crippen LogP contribution in [0.1, 0.15) is 51.8 Å². The van der Waals surface area contributed by atoms with Crippen LogP contribution >= 0.6 is 0 Å². The molecule has 0 aromatic heterocycles. The van der Waals surface area contributed by atoms with Crippen LogP contribution in [0.15, 0.2) is 18.2 Å². The molecule has 1 atom stereocenters. The number of rotatable bonds is 2. The van der Waals surface area contributed by atoms with E-state index in [2.05, 4.69) is 0 Å². The number of amides is 1. The molecule has 6 nitrogen and oxygen atoms in total. The summed E-state index contributed by atoms with van der Waals surface area (Å²) in [6, 6.07) is 4.17. The fourth-order valence-electron chi connectivity index (χ4n) is 3.03. The highest BCUT2D eigenvalue weighted by molar-refractivity contribution is 5.78. The number of carboxylic acid groups (broad SMARTS) is 1. The zero-order chi connectivity index (χ0) is 18.3. The van der Waals surface area contributed by atoms with Gasteiger partial charge in [0.2, 0.25) is 0 Å². The molecule has 0 saturated heterocycles. The molecule has 1 heterocycles. The Hall–Kier alpha value is -2.24. The van der Waals surface area contributed by atoms with Crippen LogP contribution in [0.2, 0.25) is 0 Å². The fourth-order valence-corrected chi connectivity index (χ4v) is 3.03. The maximum absolute atomic E-state index is 12.6. The molecule has 1 aliphatic rings. The Kier molecular flexibility index (Phi) is 4.52. The minimum absolute atomic E-state index is 0.131. The SMILES string of the molecule is CC(C)(C)OC(=O)N1CCc2cc(O)ccc2C1C(C)(C)C(=O)O. The summed E-state index contributed by atoms with van der Waals surface area (Å²) in [5.74, 6) is -0.867. The highest BCUT2D eigenvalue weighted by atomic mass is 16.6. The molecule has 1 aliphatic heterocycles. The first-order chi connectivity index (χ1) is 10.9. The van der Waals surface area contributed by atoms with Crippen molar-refractivity contribution in [1.29, 1.82) is 0 Å². The third-order valence-electron chi connectivity index (χ3n) is 4.22. The lowest BCUT2D eigenvalue weighted by molar-refractivity contribution is -0.151. The van der Waals surface area contributed by atoms with Gasteiger partial charge in [0.05, 0.1) is 11.5 Å². The first-order valence-corrected chi connectivity index (χ1v) is 7.98. The van der Waals surface area contributed by atoms with Gasteiger partial charge >= 0.3 is 12.1 Å². The Morgan fingerprint density at radius 2 is 1.83 bits per heavy atom. The van der Waals surface area contributed by atoms with Gasteiger partial charge in [-0.2, -0.15) is 0 Å². The predicted molar refractivity (Wildman–Crippen MR) is 88.9 cm³/mol. The maximum atomic E-state index is 12.6. The minimum atomic E-state index is -1.21. The number of hydrogen-bond donors (Lipinski definition) is 2. The monoisotopic (exact) mass is 335 g/mol. The topological polar surface area (TPSA) is 87.1 Å². The summed E-state index contributed by atoms with van der Waals surface area (Å²) in [4.78, 5) is 25.9. The van der Waals surface area contributed by atoms with E-state index in [0.29, 0.717) is 13.0 Å². The number of carbonyl (C=O) groups is 2. The first-order valence-electron chi connectivity index (χ1n) is 7.98. The fraction of sp³-hybridized carbons (Fsp3) is 0.556. The van der Waals surface area contributed by atoms with E-state index >= 15 is 0 Å². The third-order valence-corrected chi connectivity index (χ3v) is 4.22. The summed E-state index contributed by atoms with van der Waals surface area (Å²) >= 11 is 0. The zero-order valence-electron chi connectivity index (χ0n) is 14.8. The molecule has 2 rings (SSSR count). The van der Waals surface area contributed by atoms with Gasteiger partial charge in [-0.05, 0) is 64.3 Å². The molecule has 132 valence electrons. The van der Waals surface area contributed by atoms with Crippen LogP contribution in [0.4, 0.5) is 4.79 Å². The number of aliphatic carboxylic acids is 1. The summed E-state index contributed by atoms with van der Waals surface area (Å²) in [7, 11) is 0. The van der Waals surface area contributed by atoms with Gasteiger partial charge in [-0.1, -0.05) is 6.07 Å². The van der Waals surface area contributed by atoms with E-state index in [1.165, 1.54) is 11.0 Å². The van der Waals surface area contributed by atoms with Crippen molar-refractivity contribution in [2.75, 3.05) is 6.54 Å². The van der Waals surface area contributed by atoms with E-state index < -0.39 is 29.1 Å². The summed E-state index contributed by atoms with van der Waals surface area (Å²) in [6.07, 6.45) is 0.00961. The van der Waals surface area contributed by atoms with Gasteiger partial charge in [0.25, 0.3) is 0 Å². The van der Waals surface area contributed by atoms with Crippen LogP contribution in [-0.4, -0.2) is 39.3 Å². The van der Waals surface area contributed by atoms with Crippen LogP contribution in [0.5, 0.6) is 5.75 Å². The van der Waals surface area contributed by atoms with Crippen molar-refractivity contribution in [3.8, 4) is 5.75 Å². The second-order valence-electron chi connectivity index (χ2n) is 7.74. The number of nitrogens with zero attached hydrogens (tertiary/aromatic N) is 1. The molecule has 24 heavy (non-hydrogen) atoms. The molecule has 0 saturated carbocycles. The Morgan fingerprint density at radius 3 is 2.38 bits per heavy atom. The molecule has 1 unspecified atom stereocenters. The largest absolute Gasteiger partial charge is 0.508 e. The zero-order valence-corrected chi connectivity index (χ0v) is 14.8. The molecule has 1 aromatic carbocycles. The number of fused-ring (bicyclic) bond motifs is 1. The van der Waals surface area contributed by atoms with Gasteiger partial charge in [0.1, 0.15) is 11.4 Å². The molecule has 0 radical (unpaired) electrons. The Morgan fingerprint density at radius 1 is 1.21 bits per heavy atom. The summed E-state index contributed by atoms with van der Waals surface area (Å²) < 4.78 is 5.47. The van der Waals surface area contributed by atoms with Gasteiger partial charge in [0, 0.05) is 6.54 Å². The lowest BCUT2D eigenvalue weighted by Crippen LogP contribution is -2.50. The lowest BCUT2D eigenvalue weighted by atomic mass is 9.76. The second kappa shape index (κ2) is 6.00. The van der Waals surface area contributed by atoms with Gasteiger partial charge in [0.15, 0.2) is 0 Å². The average molecular weight is 335 g/mol. The molecule has 0 aliphatic carbocycles. The summed E-state index contributed by atoms with van der Waals surface area (Å²) in [5.41, 5.74) is -0.278. The molecule has 0 bridgehead atoms. The number of phenolic OH excluding ortho intramolecular Hbond substituents is 1. The molecule has 0 spiro atoms. The van der Waals surface area contributed by atoms with Crippen LogP contribution in [0, 0.1) is 5.41 Å². The van der Waals surface area contributed by atoms with Crippen LogP contribution < -0.4 is 0 Å². The number of carboxylic acids is 1. The number of phenols is 1. The van der Waals surface area contributed by atoms with Crippen molar-refractivity contribution in [2.45, 2.75) is 52.7 Å². The normalized spacial score (nSPS) is 18.0. The van der Waals surface area contributed by atoms with Gasteiger partial charge in [-0.3, -0.25) is 9.69 Å². The first kappa shape index (κ1) is 18.1. The molecule has 0 fully saturated rings. The van der Waals surface area contributed by atoms with Gasteiger partial charge in [-0.25, -0.2) is 4.79 Å². The van der Waals surface area contributed by atoms with E-state index in [-0.39, 0.29) is 5.75 Å². The van der Waals surface area contributed by atoms with Crippen molar-refractivity contribution in [3.05, 3.63) is 29.3 Å². The number of aromatic hydroxyl groups is 1. The van der Waals surface area contributed by atoms with Crippen molar-refractivity contribution in [1.82, 2.24) is 4.90 Å². The number of ether oxygens (including phenoxy) is 1. The maximum Gasteiger partial charge on any atom is 0.410 e. The van der Waals surface area contributed by atoms with Crippen LogP contribution in [0.3, 0.4) is 0 Å². The van der Waals surface area contributed by atoms with Crippen molar-refractivity contribution in [3.63, 3.8) is 0 Å². The molecule has 1 aromatic rings. The van der Waals surface area contributed by atoms with Crippen LogP contribution in [0.25, 0.3) is 0 Å². The quantitative estimate of drug-likeness (QED) is 0.865. The Balaban J connectivity index is 2.50. The van der Waals surface area contributed by atoms with Crippen molar-refractivity contribution in [2.24, 2.45) is 5.41 Å². The minimum Gasteiger partial charge on any atom is -0.508 e.